The summed E-state index contributed by atoms with van der Waals surface area (Å²) >= 11 is 0. The van der Waals surface area contributed by atoms with E-state index in [1.54, 1.807) is 0 Å². The van der Waals surface area contributed by atoms with Gasteiger partial charge in [0.15, 0.2) is 5.78 Å². The van der Waals surface area contributed by atoms with E-state index in [2.05, 4.69) is 69.2 Å². The Hall–Kier alpha value is -0.850. The molecule has 0 atom stereocenters. The molecule has 20 heavy (non-hydrogen) atoms. The van der Waals surface area contributed by atoms with Crippen LogP contribution in [0.5, 0.6) is 0 Å². The van der Waals surface area contributed by atoms with Crippen LogP contribution in [0.3, 0.4) is 0 Å². The van der Waals surface area contributed by atoms with Crippen LogP contribution in [0.4, 0.5) is 0 Å². The molecule has 0 saturated carbocycles. The van der Waals surface area contributed by atoms with Crippen molar-refractivity contribution in [3.8, 4) is 0 Å². The van der Waals surface area contributed by atoms with Gasteiger partial charge in [-0.15, -0.1) is 0 Å². The van der Waals surface area contributed by atoms with Crippen molar-refractivity contribution in [2.75, 3.05) is 0 Å². The summed E-state index contributed by atoms with van der Waals surface area (Å²) in [6, 6.07) is 0. The van der Waals surface area contributed by atoms with Crippen molar-refractivity contribution >= 4 is 5.78 Å². The van der Waals surface area contributed by atoms with E-state index in [1.165, 1.54) is 11.1 Å². The highest BCUT2D eigenvalue weighted by Gasteiger charge is 2.23. The van der Waals surface area contributed by atoms with Crippen LogP contribution in [0, 0.1) is 22.7 Å². The van der Waals surface area contributed by atoms with Crippen molar-refractivity contribution in [3.05, 3.63) is 23.3 Å². The summed E-state index contributed by atoms with van der Waals surface area (Å²) in [5, 5.41) is 0. The van der Waals surface area contributed by atoms with Crippen molar-refractivity contribution in [1.82, 2.24) is 0 Å². The molecule has 0 N–H and O–H groups in total. The molecule has 116 valence electrons. The number of rotatable bonds is 4. The summed E-state index contributed by atoms with van der Waals surface area (Å²) < 4.78 is 0. The highest BCUT2D eigenvalue weighted by molar-refractivity contribution is 6.00. The summed E-state index contributed by atoms with van der Waals surface area (Å²) in [6.07, 6.45) is 3.69. The van der Waals surface area contributed by atoms with E-state index in [-0.39, 0.29) is 16.6 Å². The number of hydrogen-bond donors (Lipinski definition) is 0. The molecule has 0 saturated heterocycles. The van der Waals surface area contributed by atoms with E-state index in [4.69, 9.17) is 0 Å². The maximum atomic E-state index is 12.4. The van der Waals surface area contributed by atoms with Gasteiger partial charge in [-0.2, -0.15) is 0 Å². The molecule has 0 aliphatic heterocycles. The van der Waals surface area contributed by atoms with E-state index in [1.807, 2.05) is 12.2 Å². The number of carbonyl (C=O) groups excluding carboxylic acids is 1. The first-order valence-electron chi connectivity index (χ1n) is 7.75. The van der Waals surface area contributed by atoms with E-state index in [9.17, 15) is 4.79 Å². The van der Waals surface area contributed by atoms with Crippen LogP contribution in [0.1, 0.15) is 69.2 Å². The van der Waals surface area contributed by atoms with Gasteiger partial charge in [0.2, 0.25) is 0 Å². The minimum Gasteiger partial charge on any atom is -0.290 e. The lowest BCUT2D eigenvalue weighted by molar-refractivity contribution is -0.110. The Morgan fingerprint density at radius 2 is 0.950 bits per heavy atom. The van der Waals surface area contributed by atoms with Gasteiger partial charge in [0, 0.05) is 0 Å². The van der Waals surface area contributed by atoms with E-state index in [0.29, 0.717) is 11.8 Å². The minimum absolute atomic E-state index is 0.0391. The molecule has 0 aliphatic rings. The molecule has 0 unspecified atom stereocenters. The minimum atomic E-state index is 0.0391. The maximum Gasteiger partial charge on any atom is 0.178 e. The van der Waals surface area contributed by atoms with Crippen LogP contribution >= 0.6 is 0 Å². The predicted molar refractivity (Wildman–Crippen MR) is 89.8 cm³/mol. The van der Waals surface area contributed by atoms with Gasteiger partial charge in [0.1, 0.15) is 0 Å². The van der Waals surface area contributed by atoms with Crippen LogP contribution in [0.15, 0.2) is 23.3 Å². The van der Waals surface area contributed by atoms with Gasteiger partial charge < -0.3 is 0 Å². The molecule has 0 amide bonds. The van der Waals surface area contributed by atoms with Gasteiger partial charge >= 0.3 is 0 Å². The lowest BCUT2D eigenvalue weighted by Crippen LogP contribution is -2.18. The summed E-state index contributed by atoms with van der Waals surface area (Å²) in [5.74, 6) is 0.913. The normalized spacial score (nSPS) is 15.2. The van der Waals surface area contributed by atoms with Crippen molar-refractivity contribution in [1.29, 1.82) is 0 Å². The summed E-state index contributed by atoms with van der Waals surface area (Å²) in [4.78, 5) is 12.4. The van der Waals surface area contributed by atoms with Crippen molar-refractivity contribution in [3.63, 3.8) is 0 Å². The molecule has 0 rings (SSSR count). The molecule has 0 bridgehead atoms. The number of carbonyl (C=O) groups is 1. The predicted octanol–water partition coefficient (Wildman–Crippen LogP) is 5.81. The van der Waals surface area contributed by atoms with E-state index >= 15 is 0 Å². The summed E-state index contributed by atoms with van der Waals surface area (Å²) in [5.41, 5.74) is 2.51. The van der Waals surface area contributed by atoms with Crippen LogP contribution in [-0.4, -0.2) is 5.78 Å². The van der Waals surface area contributed by atoms with Crippen LogP contribution in [-0.2, 0) is 4.79 Å². The second-order valence-corrected chi connectivity index (χ2v) is 8.41. The van der Waals surface area contributed by atoms with Crippen molar-refractivity contribution in [2.24, 2.45) is 22.7 Å². The van der Waals surface area contributed by atoms with Crippen LogP contribution in [0.25, 0.3) is 0 Å². The van der Waals surface area contributed by atoms with E-state index in [0.717, 1.165) is 0 Å². The standard InChI is InChI=1S/C19H34O/c1-13(2)16(18(5,6)7)11-15(20)12-17(14(3)4)19(8,9)10/h11-14H,1-10H3. The number of hydrogen-bond acceptors (Lipinski definition) is 1. The molecule has 0 aromatic heterocycles. The van der Waals surface area contributed by atoms with Crippen molar-refractivity contribution < 1.29 is 4.79 Å². The third-order valence-electron chi connectivity index (χ3n) is 3.57. The molecule has 0 aromatic carbocycles. The largest absolute Gasteiger partial charge is 0.290 e. The molecule has 0 fully saturated rings. The molecule has 0 spiro atoms. The second kappa shape index (κ2) is 6.74. The average molecular weight is 278 g/mol. The quantitative estimate of drug-likeness (QED) is 0.593. The Morgan fingerprint density at radius 1 is 0.700 bits per heavy atom. The fourth-order valence-electron chi connectivity index (χ4n) is 2.85. The summed E-state index contributed by atoms with van der Waals surface area (Å²) in [7, 11) is 0. The van der Waals surface area contributed by atoms with Gasteiger partial charge in [-0.3, -0.25) is 4.79 Å². The molecule has 0 heterocycles. The van der Waals surface area contributed by atoms with Gasteiger partial charge in [0.05, 0.1) is 0 Å². The Labute approximate surface area is 126 Å². The lowest BCUT2D eigenvalue weighted by atomic mass is 9.77. The zero-order chi connectivity index (χ0) is 16.3. The monoisotopic (exact) mass is 278 g/mol. The zero-order valence-electron chi connectivity index (χ0n) is 15.2. The maximum absolute atomic E-state index is 12.4. The van der Waals surface area contributed by atoms with Gasteiger partial charge in [-0.05, 0) is 34.8 Å². The SMILES string of the molecule is CC(C)C(=CC(=O)C=C(C(C)C)C(C)(C)C)C(C)(C)C. The van der Waals surface area contributed by atoms with Gasteiger partial charge in [-0.25, -0.2) is 0 Å². The van der Waals surface area contributed by atoms with Gasteiger partial charge in [-0.1, -0.05) is 80.4 Å². The van der Waals surface area contributed by atoms with Crippen molar-refractivity contribution in [2.45, 2.75) is 69.2 Å². The summed E-state index contributed by atoms with van der Waals surface area (Å²) in [6.45, 7) is 21.6. The third-order valence-corrected chi connectivity index (χ3v) is 3.57. The van der Waals surface area contributed by atoms with Crippen LogP contribution in [0.2, 0.25) is 0 Å². The molecule has 1 nitrogen and oxygen atoms in total. The molecule has 0 aliphatic carbocycles. The Balaban J connectivity index is 5.56. The van der Waals surface area contributed by atoms with E-state index < -0.39 is 0 Å². The Kier molecular flexibility index (Phi) is 6.45. The van der Waals surface area contributed by atoms with Crippen LogP contribution < -0.4 is 0 Å². The number of allylic oxidation sites excluding steroid dienone is 4. The first kappa shape index (κ1) is 19.1. The Bertz CT molecular complexity index is 354. The topological polar surface area (TPSA) is 17.1 Å². The second-order valence-electron chi connectivity index (χ2n) is 8.41. The molecule has 1 heteroatoms. The molecular weight excluding hydrogens is 244 g/mol. The zero-order valence-corrected chi connectivity index (χ0v) is 15.2. The number of ketones is 1. The first-order chi connectivity index (χ1) is 8.76. The molecule has 0 aromatic rings. The molecule has 0 radical (unpaired) electrons. The third kappa shape index (κ3) is 6.07. The fraction of sp³-hybridized carbons (Fsp3) is 0.737. The first-order valence-corrected chi connectivity index (χ1v) is 7.75. The fourth-order valence-corrected chi connectivity index (χ4v) is 2.85. The Morgan fingerprint density at radius 3 is 1.10 bits per heavy atom. The molecular formula is C19H34O. The highest BCUT2D eigenvalue weighted by atomic mass is 16.1. The lowest BCUT2D eigenvalue weighted by Gasteiger charge is -2.27. The highest BCUT2D eigenvalue weighted by Crippen LogP contribution is 2.33. The average Bonchev–Trinajstić information content (AvgIpc) is 2.18. The van der Waals surface area contributed by atoms with Gasteiger partial charge in [0.25, 0.3) is 0 Å². The smallest absolute Gasteiger partial charge is 0.178 e.